The molecule has 0 aliphatic rings. The standard InChI is InChI=1S/C14H15N5OS/c15-10-3-4-11-12(8-10)21-14(17-11)18-13(20)2-1-6-19-7-5-16-9-19/h3-5,7-9H,1-2,6,15H2,(H,17,18,20). The second kappa shape index (κ2) is 5.92. The first-order valence-corrected chi connectivity index (χ1v) is 7.44. The number of rotatable bonds is 5. The molecule has 3 N–H and O–H groups in total. The lowest BCUT2D eigenvalue weighted by Crippen LogP contribution is -2.11. The van der Waals surface area contributed by atoms with Crippen LogP contribution < -0.4 is 11.1 Å². The van der Waals surface area contributed by atoms with Gasteiger partial charge in [0.25, 0.3) is 0 Å². The van der Waals surface area contributed by atoms with Crippen LogP contribution in [0.25, 0.3) is 10.2 Å². The zero-order chi connectivity index (χ0) is 14.7. The van der Waals surface area contributed by atoms with Crippen molar-refractivity contribution in [1.29, 1.82) is 0 Å². The summed E-state index contributed by atoms with van der Waals surface area (Å²) in [6, 6.07) is 5.52. The molecule has 2 heterocycles. The number of aryl methyl sites for hydroxylation is 1. The lowest BCUT2D eigenvalue weighted by atomic mass is 10.3. The van der Waals surface area contributed by atoms with E-state index in [1.807, 2.05) is 22.9 Å². The lowest BCUT2D eigenvalue weighted by Gasteiger charge is -2.02. The zero-order valence-corrected chi connectivity index (χ0v) is 12.1. The number of nitrogens with zero attached hydrogens (tertiary/aromatic N) is 3. The number of nitrogens with one attached hydrogen (secondary N) is 1. The summed E-state index contributed by atoms with van der Waals surface area (Å²) >= 11 is 1.43. The second-order valence-electron chi connectivity index (χ2n) is 4.70. The van der Waals surface area contributed by atoms with Crippen LogP contribution in [0.2, 0.25) is 0 Å². The Morgan fingerprint density at radius 1 is 1.43 bits per heavy atom. The Morgan fingerprint density at radius 2 is 2.33 bits per heavy atom. The molecule has 0 bridgehead atoms. The minimum Gasteiger partial charge on any atom is -0.399 e. The van der Waals surface area contributed by atoms with E-state index in [9.17, 15) is 4.79 Å². The second-order valence-corrected chi connectivity index (χ2v) is 5.73. The maximum absolute atomic E-state index is 11.9. The fourth-order valence-electron chi connectivity index (χ4n) is 2.02. The average molecular weight is 301 g/mol. The maximum Gasteiger partial charge on any atom is 0.226 e. The number of hydrogen-bond acceptors (Lipinski definition) is 5. The molecule has 3 aromatic rings. The molecule has 0 aliphatic heterocycles. The van der Waals surface area contributed by atoms with Crippen molar-refractivity contribution in [3.05, 3.63) is 36.9 Å². The summed E-state index contributed by atoms with van der Waals surface area (Å²) in [5.74, 6) is -0.0258. The van der Waals surface area contributed by atoms with Gasteiger partial charge >= 0.3 is 0 Å². The average Bonchev–Trinajstić information content (AvgIpc) is 3.07. The van der Waals surface area contributed by atoms with Crippen LogP contribution in [0.1, 0.15) is 12.8 Å². The van der Waals surface area contributed by atoms with E-state index in [0.717, 1.165) is 23.2 Å². The number of nitrogen functional groups attached to an aromatic ring is 1. The van der Waals surface area contributed by atoms with Gasteiger partial charge in [-0.3, -0.25) is 4.79 Å². The number of amides is 1. The Hall–Kier alpha value is -2.41. The van der Waals surface area contributed by atoms with Gasteiger partial charge in [0.15, 0.2) is 5.13 Å². The molecule has 6 nitrogen and oxygen atoms in total. The Morgan fingerprint density at radius 3 is 3.14 bits per heavy atom. The lowest BCUT2D eigenvalue weighted by molar-refractivity contribution is -0.116. The fraction of sp³-hybridized carbons (Fsp3) is 0.214. The molecule has 2 aromatic heterocycles. The Kier molecular flexibility index (Phi) is 3.83. The molecule has 0 fully saturated rings. The number of aromatic nitrogens is 3. The Balaban J connectivity index is 1.55. The summed E-state index contributed by atoms with van der Waals surface area (Å²) in [4.78, 5) is 20.2. The van der Waals surface area contributed by atoms with Crippen molar-refractivity contribution in [2.45, 2.75) is 19.4 Å². The highest BCUT2D eigenvalue weighted by molar-refractivity contribution is 7.22. The van der Waals surface area contributed by atoms with E-state index in [1.165, 1.54) is 11.3 Å². The SMILES string of the molecule is Nc1ccc2nc(NC(=O)CCCn3ccnc3)sc2c1. The van der Waals surface area contributed by atoms with E-state index >= 15 is 0 Å². The number of carbonyl (C=O) groups excluding carboxylic acids is 1. The number of hydrogen-bond donors (Lipinski definition) is 2. The van der Waals surface area contributed by atoms with Gasteiger partial charge in [-0.05, 0) is 24.6 Å². The fourth-order valence-corrected chi connectivity index (χ4v) is 2.95. The van der Waals surface area contributed by atoms with Crippen LogP contribution in [0.3, 0.4) is 0 Å². The van der Waals surface area contributed by atoms with Gasteiger partial charge < -0.3 is 15.6 Å². The van der Waals surface area contributed by atoms with Crippen molar-refractivity contribution in [3.63, 3.8) is 0 Å². The first-order valence-electron chi connectivity index (χ1n) is 6.62. The number of benzene rings is 1. The van der Waals surface area contributed by atoms with E-state index in [-0.39, 0.29) is 5.91 Å². The molecule has 0 saturated heterocycles. The summed E-state index contributed by atoms with van der Waals surface area (Å²) in [6.07, 6.45) is 6.58. The minimum absolute atomic E-state index is 0.0258. The van der Waals surface area contributed by atoms with Gasteiger partial charge in [-0.25, -0.2) is 9.97 Å². The number of carbonyl (C=O) groups is 1. The van der Waals surface area contributed by atoms with Gasteiger partial charge in [0.2, 0.25) is 5.91 Å². The molecule has 0 aliphatic carbocycles. The summed E-state index contributed by atoms with van der Waals surface area (Å²) < 4.78 is 2.93. The summed E-state index contributed by atoms with van der Waals surface area (Å²) in [7, 11) is 0. The summed E-state index contributed by atoms with van der Waals surface area (Å²) in [5, 5.41) is 3.45. The molecule has 1 aromatic carbocycles. The number of fused-ring (bicyclic) bond motifs is 1. The third-order valence-electron chi connectivity index (χ3n) is 3.04. The largest absolute Gasteiger partial charge is 0.399 e. The monoisotopic (exact) mass is 301 g/mol. The summed E-state index contributed by atoms with van der Waals surface area (Å²) in [5.41, 5.74) is 7.28. The molecular weight excluding hydrogens is 286 g/mol. The van der Waals surface area contributed by atoms with Gasteiger partial charge in [-0.1, -0.05) is 11.3 Å². The topological polar surface area (TPSA) is 85.8 Å². The number of thiazole rings is 1. The first-order chi connectivity index (χ1) is 10.2. The number of imidazole rings is 1. The molecule has 3 rings (SSSR count). The third kappa shape index (κ3) is 3.38. The molecule has 0 saturated carbocycles. The van der Waals surface area contributed by atoms with Crippen molar-refractivity contribution >= 4 is 38.3 Å². The quantitative estimate of drug-likeness (QED) is 0.709. The van der Waals surface area contributed by atoms with Gasteiger partial charge in [0.1, 0.15) is 0 Å². The minimum atomic E-state index is -0.0258. The van der Waals surface area contributed by atoms with Gasteiger partial charge in [0, 0.05) is 31.0 Å². The van der Waals surface area contributed by atoms with Crippen LogP contribution in [0.5, 0.6) is 0 Å². The van der Waals surface area contributed by atoms with Gasteiger partial charge in [-0.2, -0.15) is 0 Å². The molecule has 0 atom stereocenters. The maximum atomic E-state index is 11.9. The molecule has 1 amide bonds. The van der Waals surface area contributed by atoms with Crippen LogP contribution in [-0.2, 0) is 11.3 Å². The van der Waals surface area contributed by atoms with E-state index in [4.69, 9.17) is 5.73 Å². The molecule has 0 unspecified atom stereocenters. The Labute approximate surface area is 125 Å². The molecular formula is C14H15N5OS. The molecule has 0 radical (unpaired) electrons. The van der Waals surface area contributed by atoms with Crippen LogP contribution in [0, 0.1) is 0 Å². The van der Waals surface area contributed by atoms with E-state index in [0.29, 0.717) is 17.2 Å². The number of anilines is 2. The van der Waals surface area contributed by atoms with Crippen LogP contribution in [0.4, 0.5) is 10.8 Å². The predicted molar refractivity (Wildman–Crippen MR) is 84.1 cm³/mol. The normalized spacial score (nSPS) is 10.9. The van der Waals surface area contributed by atoms with Crippen molar-refractivity contribution in [2.24, 2.45) is 0 Å². The molecule has 21 heavy (non-hydrogen) atoms. The predicted octanol–water partition coefficient (Wildman–Crippen LogP) is 2.49. The molecule has 7 heteroatoms. The number of nitrogens with two attached hydrogens (primary N) is 1. The van der Waals surface area contributed by atoms with Crippen LogP contribution in [-0.4, -0.2) is 20.4 Å². The van der Waals surface area contributed by atoms with Crippen molar-refractivity contribution in [1.82, 2.24) is 14.5 Å². The van der Waals surface area contributed by atoms with E-state index in [2.05, 4.69) is 15.3 Å². The highest BCUT2D eigenvalue weighted by Crippen LogP contribution is 2.27. The highest BCUT2D eigenvalue weighted by Gasteiger charge is 2.08. The van der Waals surface area contributed by atoms with E-state index < -0.39 is 0 Å². The third-order valence-corrected chi connectivity index (χ3v) is 3.97. The van der Waals surface area contributed by atoms with Gasteiger partial charge in [-0.15, -0.1) is 0 Å². The summed E-state index contributed by atoms with van der Waals surface area (Å²) in [6.45, 7) is 0.782. The van der Waals surface area contributed by atoms with Crippen molar-refractivity contribution < 1.29 is 4.79 Å². The zero-order valence-electron chi connectivity index (χ0n) is 11.3. The first kappa shape index (κ1) is 13.6. The van der Waals surface area contributed by atoms with Gasteiger partial charge in [0.05, 0.1) is 16.5 Å². The van der Waals surface area contributed by atoms with Crippen LogP contribution in [0.15, 0.2) is 36.9 Å². The van der Waals surface area contributed by atoms with Crippen molar-refractivity contribution in [2.75, 3.05) is 11.1 Å². The highest BCUT2D eigenvalue weighted by atomic mass is 32.1. The smallest absolute Gasteiger partial charge is 0.226 e. The molecule has 0 spiro atoms. The molecule has 108 valence electrons. The Bertz CT molecular complexity index is 750. The van der Waals surface area contributed by atoms with E-state index in [1.54, 1.807) is 18.6 Å². The van der Waals surface area contributed by atoms with Crippen molar-refractivity contribution in [3.8, 4) is 0 Å². The van der Waals surface area contributed by atoms with Crippen LogP contribution >= 0.6 is 11.3 Å².